The number of nitrogens with zero attached hydrogens (tertiary/aromatic N) is 2. The van der Waals surface area contributed by atoms with Crippen LogP contribution in [0.3, 0.4) is 0 Å². The summed E-state index contributed by atoms with van der Waals surface area (Å²) in [5.41, 5.74) is 0.641. The van der Waals surface area contributed by atoms with Gasteiger partial charge in [-0.2, -0.15) is 0 Å². The lowest BCUT2D eigenvalue weighted by Crippen LogP contribution is -2.16. The fourth-order valence-electron chi connectivity index (χ4n) is 1.74. The van der Waals surface area contributed by atoms with Gasteiger partial charge >= 0.3 is 0 Å². The highest BCUT2D eigenvalue weighted by molar-refractivity contribution is 9.10. The first-order valence-corrected chi connectivity index (χ1v) is 6.12. The number of hydrogen-bond donors (Lipinski definition) is 1. The molecule has 88 valence electrons. The molecule has 1 amide bonds. The van der Waals surface area contributed by atoms with E-state index in [-0.39, 0.29) is 5.91 Å². The Morgan fingerprint density at radius 3 is 3.06 bits per heavy atom. The normalized spacial score (nSPS) is 14.9. The Kier molecular flexibility index (Phi) is 2.51. The van der Waals surface area contributed by atoms with Crippen molar-refractivity contribution in [3.05, 3.63) is 34.8 Å². The zero-order chi connectivity index (χ0) is 11.8. The number of carbonyl (C=O) groups excluding carboxylic acids is 1. The van der Waals surface area contributed by atoms with Crippen LogP contribution in [0.2, 0.25) is 0 Å². The Morgan fingerprint density at radius 1 is 1.59 bits per heavy atom. The minimum atomic E-state index is -0.170. The van der Waals surface area contributed by atoms with Gasteiger partial charge in [0.05, 0.1) is 0 Å². The molecule has 1 N–H and O–H groups in total. The lowest BCUT2D eigenvalue weighted by Gasteiger charge is -2.06. The summed E-state index contributed by atoms with van der Waals surface area (Å²) in [6.45, 7) is 0. The minimum absolute atomic E-state index is 0.170. The average molecular weight is 296 g/mol. The number of nitrogens with one attached hydrogen (secondary N) is 1. The Morgan fingerprint density at radius 2 is 2.41 bits per heavy atom. The quantitative estimate of drug-likeness (QED) is 0.947. The van der Waals surface area contributed by atoms with Crippen molar-refractivity contribution in [2.75, 3.05) is 5.32 Å². The number of aromatic nitrogens is 2. The van der Waals surface area contributed by atoms with Gasteiger partial charge in [-0.15, -0.1) is 0 Å². The summed E-state index contributed by atoms with van der Waals surface area (Å²) in [5.74, 6) is 0.256. The van der Waals surface area contributed by atoms with Crippen LogP contribution in [-0.4, -0.2) is 15.6 Å². The van der Waals surface area contributed by atoms with Crippen molar-refractivity contribution in [1.29, 1.82) is 0 Å². The Balaban J connectivity index is 1.85. The van der Waals surface area contributed by atoms with Gasteiger partial charge in [0, 0.05) is 22.8 Å². The molecule has 2 heterocycles. The van der Waals surface area contributed by atoms with E-state index < -0.39 is 0 Å². The van der Waals surface area contributed by atoms with E-state index in [4.69, 9.17) is 0 Å². The highest BCUT2D eigenvalue weighted by atomic mass is 79.9. The predicted octanol–water partition coefficient (Wildman–Crippen LogP) is 2.83. The number of hydrogen-bond acceptors (Lipinski definition) is 3. The van der Waals surface area contributed by atoms with Crippen LogP contribution in [0.15, 0.2) is 33.6 Å². The molecule has 0 radical (unpaired) electrons. The summed E-state index contributed by atoms with van der Waals surface area (Å²) in [4.78, 5) is 12.0. The average Bonchev–Trinajstić information content (AvgIpc) is 2.88. The first-order valence-electron chi connectivity index (χ1n) is 5.33. The molecule has 17 heavy (non-hydrogen) atoms. The molecule has 0 aliphatic heterocycles. The number of rotatable bonds is 3. The molecular formula is C11H10BrN3O2. The molecule has 1 aliphatic carbocycles. The Hall–Kier alpha value is -1.56. The molecule has 0 bridgehead atoms. The third kappa shape index (κ3) is 2.12. The second-order valence-electron chi connectivity index (χ2n) is 4.02. The van der Waals surface area contributed by atoms with Crippen molar-refractivity contribution in [2.45, 2.75) is 18.9 Å². The van der Waals surface area contributed by atoms with Gasteiger partial charge in [0.2, 0.25) is 0 Å². The van der Waals surface area contributed by atoms with E-state index in [0.29, 0.717) is 17.6 Å². The second kappa shape index (κ2) is 4.03. The van der Waals surface area contributed by atoms with E-state index >= 15 is 0 Å². The molecule has 6 heteroatoms. The van der Waals surface area contributed by atoms with Gasteiger partial charge in [0.1, 0.15) is 12.0 Å². The maximum absolute atomic E-state index is 12.0. The van der Waals surface area contributed by atoms with Gasteiger partial charge in [-0.3, -0.25) is 4.79 Å². The maximum Gasteiger partial charge on any atom is 0.273 e. The van der Waals surface area contributed by atoms with Crippen LogP contribution in [-0.2, 0) is 0 Å². The van der Waals surface area contributed by atoms with Crippen molar-refractivity contribution in [3.8, 4) is 0 Å². The van der Waals surface area contributed by atoms with Crippen molar-refractivity contribution in [3.63, 3.8) is 0 Å². The fourth-order valence-corrected chi connectivity index (χ4v) is 2.18. The number of anilines is 1. The van der Waals surface area contributed by atoms with Gasteiger partial charge in [-0.25, -0.2) is 0 Å². The molecule has 0 atom stereocenters. The third-order valence-corrected chi connectivity index (χ3v) is 3.10. The Bertz CT molecular complexity index is 543. The van der Waals surface area contributed by atoms with E-state index in [9.17, 15) is 4.79 Å². The van der Waals surface area contributed by atoms with Gasteiger partial charge in [-0.1, -0.05) is 5.16 Å². The zero-order valence-electron chi connectivity index (χ0n) is 8.89. The van der Waals surface area contributed by atoms with Crippen molar-refractivity contribution in [1.82, 2.24) is 9.72 Å². The molecule has 1 saturated carbocycles. The Labute approximate surface area is 106 Å². The van der Waals surface area contributed by atoms with Crippen LogP contribution in [0, 0.1) is 0 Å². The van der Waals surface area contributed by atoms with Crippen LogP contribution in [0.4, 0.5) is 5.82 Å². The summed E-state index contributed by atoms with van der Waals surface area (Å²) >= 11 is 3.39. The van der Waals surface area contributed by atoms with Gasteiger partial charge in [0.25, 0.3) is 5.91 Å². The number of amides is 1. The van der Waals surface area contributed by atoms with Crippen LogP contribution < -0.4 is 5.32 Å². The SMILES string of the molecule is O=C(Nc1ccon1)c1cc(Br)cn1C1CC1. The summed E-state index contributed by atoms with van der Waals surface area (Å²) in [6, 6.07) is 3.88. The monoisotopic (exact) mass is 295 g/mol. The largest absolute Gasteiger partial charge is 0.363 e. The molecule has 0 saturated heterocycles. The number of carbonyl (C=O) groups is 1. The summed E-state index contributed by atoms with van der Waals surface area (Å²) < 4.78 is 7.58. The van der Waals surface area contributed by atoms with E-state index in [1.165, 1.54) is 6.26 Å². The zero-order valence-corrected chi connectivity index (χ0v) is 10.5. The van der Waals surface area contributed by atoms with Crippen LogP contribution >= 0.6 is 15.9 Å². The van der Waals surface area contributed by atoms with E-state index in [2.05, 4.69) is 30.9 Å². The van der Waals surface area contributed by atoms with Crippen LogP contribution in [0.1, 0.15) is 29.4 Å². The molecule has 2 aromatic rings. The standard InChI is InChI=1S/C11H10BrN3O2/c12-7-5-9(15(6-7)8-1-2-8)11(16)13-10-3-4-17-14-10/h3-6,8H,1-2H2,(H,13,14,16). The molecule has 5 nitrogen and oxygen atoms in total. The van der Waals surface area contributed by atoms with Crippen LogP contribution in [0.5, 0.6) is 0 Å². The van der Waals surface area contributed by atoms with E-state index in [0.717, 1.165) is 17.3 Å². The number of halogens is 1. The van der Waals surface area contributed by atoms with Crippen molar-refractivity contribution in [2.24, 2.45) is 0 Å². The summed E-state index contributed by atoms with van der Waals surface area (Å²) in [6.07, 6.45) is 5.62. The molecule has 0 aromatic carbocycles. The van der Waals surface area contributed by atoms with Crippen LogP contribution in [0.25, 0.3) is 0 Å². The highest BCUT2D eigenvalue weighted by Gasteiger charge is 2.27. The predicted molar refractivity (Wildman–Crippen MR) is 64.9 cm³/mol. The molecule has 0 unspecified atom stereocenters. The molecule has 2 aromatic heterocycles. The van der Waals surface area contributed by atoms with Gasteiger partial charge < -0.3 is 14.4 Å². The van der Waals surface area contributed by atoms with E-state index in [1.807, 2.05) is 16.8 Å². The first kappa shape index (κ1) is 10.6. The lowest BCUT2D eigenvalue weighted by atomic mass is 10.4. The topological polar surface area (TPSA) is 60.1 Å². The maximum atomic E-state index is 12.0. The first-order chi connectivity index (χ1) is 8.24. The smallest absolute Gasteiger partial charge is 0.273 e. The van der Waals surface area contributed by atoms with Gasteiger partial charge in [0.15, 0.2) is 5.82 Å². The molecule has 0 spiro atoms. The molecular weight excluding hydrogens is 286 g/mol. The highest BCUT2D eigenvalue weighted by Crippen LogP contribution is 2.37. The summed E-state index contributed by atoms with van der Waals surface area (Å²) in [7, 11) is 0. The lowest BCUT2D eigenvalue weighted by molar-refractivity contribution is 0.101. The van der Waals surface area contributed by atoms with Crippen molar-refractivity contribution < 1.29 is 9.32 Å². The van der Waals surface area contributed by atoms with Gasteiger partial charge in [-0.05, 0) is 34.8 Å². The molecule has 1 fully saturated rings. The minimum Gasteiger partial charge on any atom is -0.363 e. The molecule has 3 rings (SSSR count). The van der Waals surface area contributed by atoms with Crippen molar-refractivity contribution >= 4 is 27.7 Å². The fraction of sp³-hybridized carbons (Fsp3) is 0.273. The second-order valence-corrected chi connectivity index (χ2v) is 4.94. The summed E-state index contributed by atoms with van der Waals surface area (Å²) in [5, 5.41) is 6.34. The van der Waals surface area contributed by atoms with E-state index in [1.54, 1.807) is 6.07 Å². The third-order valence-electron chi connectivity index (χ3n) is 2.67. The molecule has 1 aliphatic rings.